The molecule has 1 aliphatic heterocycles. The number of nitrogens with zero attached hydrogens (tertiary/aromatic N) is 3. The number of rotatable bonds is 8. The maximum atomic E-state index is 14.1. The van der Waals surface area contributed by atoms with Crippen molar-refractivity contribution in [2.75, 3.05) is 13.6 Å². The van der Waals surface area contributed by atoms with Gasteiger partial charge in [0.15, 0.2) is 0 Å². The molecule has 4 rings (SSSR count). The summed E-state index contributed by atoms with van der Waals surface area (Å²) in [6.07, 6.45) is -11.2. The van der Waals surface area contributed by atoms with Crippen molar-refractivity contribution < 1.29 is 50.2 Å². The summed E-state index contributed by atoms with van der Waals surface area (Å²) in [5.41, 5.74) is -3.27. The Kier molecular flexibility index (Phi) is 10.2. The van der Waals surface area contributed by atoms with Gasteiger partial charge in [-0.2, -0.15) is 26.3 Å². The van der Waals surface area contributed by atoms with Crippen LogP contribution in [0.3, 0.4) is 0 Å². The maximum absolute atomic E-state index is 14.1. The van der Waals surface area contributed by atoms with Crippen molar-refractivity contribution in [3.05, 3.63) is 106 Å². The summed E-state index contributed by atoms with van der Waals surface area (Å²) in [7, 11) is 1.22. The van der Waals surface area contributed by atoms with E-state index in [-0.39, 0.29) is 38.4 Å². The fourth-order valence-corrected chi connectivity index (χ4v) is 6.15. The van der Waals surface area contributed by atoms with Gasteiger partial charge in [-0.3, -0.25) is 4.90 Å². The number of carbonyl (C=O) groups excluding carboxylic acids is 2. The van der Waals surface area contributed by atoms with Gasteiger partial charge in [-0.05, 0) is 72.4 Å². The van der Waals surface area contributed by atoms with Crippen LogP contribution in [0.1, 0.15) is 58.7 Å². The van der Waals surface area contributed by atoms with E-state index in [0.29, 0.717) is 35.1 Å². The fourth-order valence-electron chi connectivity index (χ4n) is 6.15. The van der Waals surface area contributed by atoms with E-state index in [1.54, 1.807) is 37.3 Å². The van der Waals surface area contributed by atoms with E-state index in [0.717, 1.165) is 15.9 Å². The van der Waals surface area contributed by atoms with Crippen LogP contribution < -0.4 is 0 Å². The zero-order chi connectivity index (χ0) is 34.7. The van der Waals surface area contributed by atoms with Gasteiger partial charge in [0.2, 0.25) is 0 Å². The van der Waals surface area contributed by atoms with Gasteiger partial charge in [0, 0.05) is 33.1 Å². The van der Waals surface area contributed by atoms with E-state index in [9.17, 15) is 50.2 Å². The van der Waals surface area contributed by atoms with Gasteiger partial charge in [0.25, 0.3) is 0 Å². The molecular formula is C33H32F7N3O4. The van der Waals surface area contributed by atoms with Crippen LogP contribution in [-0.4, -0.2) is 57.3 Å². The molecular weight excluding hydrogens is 635 g/mol. The zero-order valence-electron chi connectivity index (χ0n) is 25.4. The number of carbonyl (C=O) groups is 3. The van der Waals surface area contributed by atoms with Crippen LogP contribution in [-0.2, 0) is 30.2 Å². The molecule has 3 aromatic carbocycles. The molecule has 0 unspecified atom stereocenters. The van der Waals surface area contributed by atoms with Crippen LogP contribution >= 0.6 is 0 Å². The van der Waals surface area contributed by atoms with Crippen LogP contribution in [0.25, 0.3) is 0 Å². The molecule has 14 heteroatoms. The Hall–Kier alpha value is -4.62. The molecule has 0 saturated carbocycles. The largest absolute Gasteiger partial charge is 0.465 e. The van der Waals surface area contributed by atoms with Crippen molar-refractivity contribution in [3.63, 3.8) is 0 Å². The second-order valence-corrected chi connectivity index (χ2v) is 11.7. The van der Waals surface area contributed by atoms with Gasteiger partial charge in [-0.1, -0.05) is 36.4 Å². The van der Waals surface area contributed by atoms with Gasteiger partial charge >= 0.3 is 24.5 Å². The Bertz CT molecular complexity index is 1580. The number of alkyl halides is 6. The summed E-state index contributed by atoms with van der Waals surface area (Å²) < 4.78 is 95.0. The SMILES string of the molecule is Cc1cc(F)ccc1[C@H]1C[C@@](CC=O)(N(Cc2ccccc2)C(=O)O)CCN1C(=O)N(C)Cc1cc(C(F)(F)F)cc(C(F)(F)F)c1. The number of likely N-dealkylation sites (tertiary alicyclic amines) is 1. The smallest absolute Gasteiger partial charge is 0.416 e. The molecule has 1 heterocycles. The minimum Gasteiger partial charge on any atom is -0.465 e. The number of aldehydes is 1. The molecule has 1 N–H and O–H groups in total. The van der Waals surface area contributed by atoms with Crippen LogP contribution in [0.2, 0.25) is 0 Å². The first kappa shape index (κ1) is 35.2. The number of amides is 3. The lowest BCUT2D eigenvalue weighted by atomic mass is 9.76. The Balaban J connectivity index is 1.73. The Labute approximate surface area is 266 Å². The lowest BCUT2D eigenvalue weighted by Gasteiger charge is -2.51. The monoisotopic (exact) mass is 667 g/mol. The average Bonchev–Trinajstić information content (AvgIpc) is 2.99. The van der Waals surface area contributed by atoms with Crippen LogP contribution in [0.15, 0.2) is 66.7 Å². The second-order valence-electron chi connectivity index (χ2n) is 11.7. The highest BCUT2D eigenvalue weighted by molar-refractivity contribution is 5.75. The molecule has 0 aromatic heterocycles. The number of benzene rings is 3. The molecule has 252 valence electrons. The zero-order valence-corrected chi connectivity index (χ0v) is 25.4. The first-order valence-corrected chi connectivity index (χ1v) is 14.5. The van der Waals surface area contributed by atoms with E-state index in [2.05, 4.69) is 0 Å². The predicted molar refractivity (Wildman–Crippen MR) is 157 cm³/mol. The van der Waals surface area contributed by atoms with E-state index >= 15 is 0 Å². The molecule has 3 amide bonds. The average molecular weight is 668 g/mol. The molecule has 1 saturated heterocycles. The highest BCUT2D eigenvalue weighted by Gasteiger charge is 2.48. The molecule has 0 radical (unpaired) electrons. The molecule has 7 nitrogen and oxygen atoms in total. The quantitative estimate of drug-likeness (QED) is 0.195. The standard InChI is InChI=1S/C33H32F7N3O4/c1-21-14-26(34)8-9-27(21)28-18-31(11-13-44,43(30(46)47)20-22-6-4-3-5-7-22)10-12-42(28)29(45)41(2)19-23-15-24(32(35,36)37)17-25(16-23)33(38,39)40/h3-9,13-17,28H,10-12,18-20H2,1-2H3,(H,46,47)/t28-,31-/m1/s1. The third-order valence-electron chi connectivity index (χ3n) is 8.45. The first-order chi connectivity index (χ1) is 21.9. The summed E-state index contributed by atoms with van der Waals surface area (Å²) >= 11 is 0. The lowest BCUT2D eigenvalue weighted by molar-refractivity contribution is -0.143. The van der Waals surface area contributed by atoms with Crippen LogP contribution in [0.4, 0.5) is 40.3 Å². The molecule has 0 aliphatic carbocycles. The molecule has 47 heavy (non-hydrogen) atoms. The number of carboxylic acid groups (broad SMARTS) is 1. The third kappa shape index (κ3) is 8.03. The fraction of sp³-hybridized carbons (Fsp3) is 0.364. The van der Waals surface area contributed by atoms with Crippen LogP contribution in [0, 0.1) is 12.7 Å². The van der Waals surface area contributed by atoms with Crippen molar-refractivity contribution in [2.45, 2.75) is 63.2 Å². The van der Waals surface area contributed by atoms with Gasteiger partial charge in [0.05, 0.1) is 22.7 Å². The Morgan fingerprint density at radius 2 is 1.55 bits per heavy atom. The van der Waals surface area contributed by atoms with Gasteiger partial charge in [-0.15, -0.1) is 0 Å². The summed E-state index contributed by atoms with van der Waals surface area (Å²) in [5, 5.41) is 10.3. The Morgan fingerprint density at radius 1 is 0.936 bits per heavy atom. The predicted octanol–water partition coefficient (Wildman–Crippen LogP) is 8.07. The van der Waals surface area contributed by atoms with Crippen molar-refractivity contribution in [3.8, 4) is 0 Å². The minimum absolute atomic E-state index is 0.000430. The number of piperidine rings is 1. The van der Waals surface area contributed by atoms with E-state index in [4.69, 9.17) is 0 Å². The maximum Gasteiger partial charge on any atom is 0.416 e. The van der Waals surface area contributed by atoms with Crippen molar-refractivity contribution in [1.29, 1.82) is 0 Å². The summed E-state index contributed by atoms with van der Waals surface area (Å²) in [6, 6.07) is 11.8. The number of hydrogen-bond donors (Lipinski definition) is 1. The molecule has 0 bridgehead atoms. The summed E-state index contributed by atoms with van der Waals surface area (Å²) in [6.45, 7) is 0.755. The number of hydrogen-bond acceptors (Lipinski definition) is 3. The number of urea groups is 1. The van der Waals surface area contributed by atoms with E-state index in [1.807, 2.05) is 0 Å². The molecule has 1 fully saturated rings. The first-order valence-electron chi connectivity index (χ1n) is 14.5. The van der Waals surface area contributed by atoms with Crippen molar-refractivity contribution in [2.24, 2.45) is 0 Å². The normalized spacial score (nSPS) is 18.5. The highest BCUT2D eigenvalue weighted by atomic mass is 19.4. The molecule has 1 aliphatic rings. The van der Waals surface area contributed by atoms with Crippen molar-refractivity contribution in [1.82, 2.24) is 14.7 Å². The van der Waals surface area contributed by atoms with Crippen molar-refractivity contribution >= 4 is 18.4 Å². The molecule has 0 spiro atoms. The minimum atomic E-state index is -5.08. The number of aryl methyl sites for hydroxylation is 1. The summed E-state index contributed by atoms with van der Waals surface area (Å²) in [4.78, 5) is 42.1. The topological polar surface area (TPSA) is 81.2 Å². The molecule has 2 atom stereocenters. The third-order valence-corrected chi connectivity index (χ3v) is 8.45. The highest BCUT2D eigenvalue weighted by Crippen LogP contribution is 2.44. The van der Waals surface area contributed by atoms with Crippen LogP contribution in [0.5, 0.6) is 0 Å². The van der Waals surface area contributed by atoms with Gasteiger partial charge in [-0.25, -0.2) is 14.0 Å². The second kappa shape index (κ2) is 13.6. The lowest BCUT2D eigenvalue weighted by Crippen LogP contribution is -2.59. The number of halogens is 7. The Morgan fingerprint density at radius 3 is 2.09 bits per heavy atom. The van der Waals surface area contributed by atoms with Gasteiger partial charge < -0.3 is 19.7 Å². The van der Waals surface area contributed by atoms with E-state index in [1.165, 1.54) is 24.1 Å². The summed E-state index contributed by atoms with van der Waals surface area (Å²) in [5.74, 6) is -0.572. The van der Waals surface area contributed by atoms with Gasteiger partial charge in [0.1, 0.15) is 12.1 Å². The molecule has 3 aromatic rings. The van der Waals surface area contributed by atoms with E-state index < -0.39 is 65.1 Å².